The molecule has 0 aliphatic heterocycles. The van der Waals surface area contributed by atoms with Crippen molar-refractivity contribution in [2.75, 3.05) is 14.2 Å². The highest BCUT2D eigenvalue weighted by molar-refractivity contribution is 5.27. The summed E-state index contributed by atoms with van der Waals surface area (Å²) in [6.07, 6.45) is -3.37. The summed E-state index contributed by atoms with van der Waals surface area (Å²) in [6, 6.07) is 48.4. The lowest BCUT2D eigenvalue weighted by molar-refractivity contribution is -0.287. The number of hydrogen-bond donors (Lipinski definition) is 0. The van der Waals surface area contributed by atoms with Gasteiger partial charge in [-0.1, -0.05) is 133 Å². The molecule has 1 aliphatic rings. The molecule has 0 saturated heterocycles. The maximum Gasteiger partial charge on any atom is 0.118 e. The third-order valence-corrected chi connectivity index (χ3v) is 8.96. The molecule has 50 heavy (non-hydrogen) atoms. The third-order valence-electron chi connectivity index (χ3n) is 8.96. The second-order valence-electron chi connectivity index (χ2n) is 12.4. The van der Waals surface area contributed by atoms with Crippen LogP contribution in [-0.2, 0) is 61.5 Å². The van der Waals surface area contributed by atoms with Crippen molar-refractivity contribution in [3.63, 3.8) is 0 Å². The van der Waals surface area contributed by atoms with Gasteiger partial charge in [0, 0.05) is 7.11 Å². The molecule has 1 saturated carbocycles. The average molecular weight is 675 g/mol. The number of rotatable bonds is 17. The van der Waals surface area contributed by atoms with Gasteiger partial charge in [0.15, 0.2) is 0 Å². The van der Waals surface area contributed by atoms with Crippen LogP contribution in [0.4, 0.5) is 0 Å². The van der Waals surface area contributed by atoms with Gasteiger partial charge in [0.1, 0.15) is 42.4 Å². The molecule has 7 heteroatoms. The first-order chi connectivity index (χ1) is 24.7. The largest absolute Gasteiger partial charge is 0.497 e. The lowest BCUT2D eigenvalue weighted by Crippen LogP contribution is -2.67. The van der Waals surface area contributed by atoms with Gasteiger partial charge in [0.05, 0.1) is 40.1 Å². The molecule has 5 aromatic rings. The zero-order valence-corrected chi connectivity index (χ0v) is 28.7. The number of ether oxygens (including phenoxy) is 7. The van der Waals surface area contributed by atoms with Crippen LogP contribution in [0.2, 0.25) is 0 Å². The van der Waals surface area contributed by atoms with Crippen LogP contribution in [0.5, 0.6) is 5.75 Å². The summed E-state index contributed by atoms with van der Waals surface area (Å²) < 4.78 is 45.9. The highest BCUT2D eigenvalue weighted by Crippen LogP contribution is 2.36. The van der Waals surface area contributed by atoms with E-state index in [2.05, 4.69) is 48.5 Å². The van der Waals surface area contributed by atoms with Crippen molar-refractivity contribution in [2.45, 2.75) is 69.7 Å². The Balaban J connectivity index is 1.37. The Hall–Kier alpha value is -4.34. The standard InChI is InChI=1S/C43H46O7/c1-44-37-25-23-36(24-26-37)31-47-40-38(45-2)39(46-27-32-15-7-3-8-16-32)41(48-28-33-17-9-4-10-18-33)43(50-30-35-21-13-6-14-22-35)42(40)49-29-34-19-11-5-12-20-34/h3-26,38-43H,27-31H2,1-2H3/t38-,39+,40-,41-,42+,43+/m1/s1. The Labute approximate surface area is 295 Å². The fourth-order valence-corrected chi connectivity index (χ4v) is 6.32. The molecule has 1 fully saturated rings. The van der Waals surface area contributed by atoms with E-state index in [1.54, 1.807) is 14.2 Å². The molecule has 0 N–H and O–H groups in total. The molecule has 0 heterocycles. The Bertz CT molecular complexity index is 1650. The van der Waals surface area contributed by atoms with Crippen molar-refractivity contribution in [1.82, 2.24) is 0 Å². The fourth-order valence-electron chi connectivity index (χ4n) is 6.32. The van der Waals surface area contributed by atoms with E-state index in [0.29, 0.717) is 33.0 Å². The second kappa shape index (κ2) is 18.6. The second-order valence-corrected chi connectivity index (χ2v) is 12.4. The van der Waals surface area contributed by atoms with Crippen LogP contribution in [0.15, 0.2) is 146 Å². The minimum atomic E-state index is -0.573. The monoisotopic (exact) mass is 674 g/mol. The Morgan fingerprint density at radius 3 is 0.840 bits per heavy atom. The first-order valence-corrected chi connectivity index (χ1v) is 17.1. The molecule has 7 nitrogen and oxygen atoms in total. The van der Waals surface area contributed by atoms with Gasteiger partial charge in [-0.3, -0.25) is 0 Å². The first kappa shape index (κ1) is 35.5. The highest BCUT2D eigenvalue weighted by atomic mass is 16.6. The zero-order valence-electron chi connectivity index (χ0n) is 28.7. The van der Waals surface area contributed by atoms with Gasteiger partial charge in [-0.05, 0) is 39.9 Å². The van der Waals surface area contributed by atoms with Crippen LogP contribution >= 0.6 is 0 Å². The van der Waals surface area contributed by atoms with E-state index in [1.807, 2.05) is 97.1 Å². The van der Waals surface area contributed by atoms with Gasteiger partial charge in [0.25, 0.3) is 0 Å². The van der Waals surface area contributed by atoms with E-state index < -0.39 is 36.6 Å². The number of benzene rings is 5. The Morgan fingerprint density at radius 1 is 0.320 bits per heavy atom. The third kappa shape index (κ3) is 9.67. The lowest BCUT2D eigenvalue weighted by atomic mass is 9.83. The maximum atomic E-state index is 6.88. The van der Waals surface area contributed by atoms with Crippen LogP contribution in [0.1, 0.15) is 27.8 Å². The van der Waals surface area contributed by atoms with E-state index in [-0.39, 0.29) is 0 Å². The summed E-state index contributed by atoms with van der Waals surface area (Å²) in [6.45, 7) is 1.77. The van der Waals surface area contributed by atoms with Gasteiger partial charge >= 0.3 is 0 Å². The van der Waals surface area contributed by atoms with Crippen molar-refractivity contribution in [2.24, 2.45) is 0 Å². The molecule has 6 rings (SSSR count). The summed E-state index contributed by atoms with van der Waals surface area (Å²) in [5.74, 6) is 0.785. The quantitative estimate of drug-likeness (QED) is 0.0992. The SMILES string of the molecule is COc1ccc(CO[C@@H]2[C@H](OC)[C@H](OCc3ccccc3)[C@@H](OCc3ccccc3)[C@H](OCc3ccccc3)[C@H]2OCc2ccccc2)cc1. The zero-order chi connectivity index (χ0) is 34.4. The van der Waals surface area contributed by atoms with E-state index in [1.165, 1.54) is 0 Å². The molecule has 0 unspecified atom stereocenters. The minimum Gasteiger partial charge on any atom is -0.497 e. The van der Waals surface area contributed by atoms with E-state index in [0.717, 1.165) is 33.6 Å². The minimum absolute atomic E-state index is 0.325. The molecule has 1 aliphatic carbocycles. The van der Waals surface area contributed by atoms with Crippen molar-refractivity contribution in [3.05, 3.63) is 173 Å². The molecule has 5 aromatic carbocycles. The van der Waals surface area contributed by atoms with Crippen LogP contribution in [0.3, 0.4) is 0 Å². The van der Waals surface area contributed by atoms with Gasteiger partial charge in [-0.2, -0.15) is 0 Å². The summed E-state index contributed by atoms with van der Waals surface area (Å²) in [5.41, 5.74) is 5.17. The van der Waals surface area contributed by atoms with Crippen LogP contribution in [0, 0.1) is 0 Å². The molecule has 0 bridgehead atoms. The molecule has 260 valence electrons. The van der Waals surface area contributed by atoms with Crippen molar-refractivity contribution in [3.8, 4) is 5.75 Å². The van der Waals surface area contributed by atoms with Gasteiger partial charge in [0.2, 0.25) is 0 Å². The Morgan fingerprint density at radius 2 is 0.580 bits per heavy atom. The van der Waals surface area contributed by atoms with Crippen molar-refractivity contribution < 1.29 is 33.2 Å². The molecule has 0 radical (unpaired) electrons. The van der Waals surface area contributed by atoms with Crippen molar-refractivity contribution >= 4 is 0 Å². The van der Waals surface area contributed by atoms with Gasteiger partial charge < -0.3 is 33.2 Å². The average Bonchev–Trinajstić information content (AvgIpc) is 3.18. The van der Waals surface area contributed by atoms with E-state index in [4.69, 9.17) is 33.2 Å². The van der Waals surface area contributed by atoms with E-state index in [9.17, 15) is 0 Å². The molecule has 0 spiro atoms. The molecular formula is C43H46O7. The molecule has 6 atom stereocenters. The number of methoxy groups -OCH3 is 2. The summed E-state index contributed by atoms with van der Waals surface area (Å²) >= 11 is 0. The summed E-state index contributed by atoms with van der Waals surface area (Å²) in [7, 11) is 3.35. The highest BCUT2D eigenvalue weighted by Gasteiger charge is 2.54. The predicted molar refractivity (Wildman–Crippen MR) is 192 cm³/mol. The summed E-state index contributed by atoms with van der Waals surface area (Å²) in [4.78, 5) is 0. The predicted octanol–water partition coefficient (Wildman–Crippen LogP) is 7.95. The molecule has 0 amide bonds. The van der Waals surface area contributed by atoms with E-state index >= 15 is 0 Å². The Kier molecular flexibility index (Phi) is 13.2. The molecule has 0 aromatic heterocycles. The fraction of sp³-hybridized carbons (Fsp3) is 0.302. The van der Waals surface area contributed by atoms with Crippen molar-refractivity contribution in [1.29, 1.82) is 0 Å². The lowest BCUT2D eigenvalue weighted by Gasteiger charge is -2.49. The molecular weight excluding hydrogens is 628 g/mol. The number of hydrogen-bond acceptors (Lipinski definition) is 7. The maximum absolute atomic E-state index is 6.88. The van der Waals surface area contributed by atoms with Crippen LogP contribution in [-0.4, -0.2) is 50.8 Å². The normalized spacial score (nSPS) is 21.9. The first-order valence-electron chi connectivity index (χ1n) is 17.1. The topological polar surface area (TPSA) is 64.6 Å². The van der Waals surface area contributed by atoms with Crippen LogP contribution in [0.25, 0.3) is 0 Å². The van der Waals surface area contributed by atoms with Gasteiger partial charge in [-0.25, -0.2) is 0 Å². The van der Waals surface area contributed by atoms with Gasteiger partial charge in [-0.15, -0.1) is 0 Å². The van der Waals surface area contributed by atoms with Crippen LogP contribution < -0.4 is 4.74 Å². The smallest absolute Gasteiger partial charge is 0.118 e. The summed E-state index contributed by atoms with van der Waals surface area (Å²) in [5, 5.41) is 0.